The van der Waals surface area contributed by atoms with E-state index in [1.165, 1.54) is 11.8 Å². The summed E-state index contributed by atoms with van der Waals surface area (Å²) in [5.41, 5.74) is 4.07. The minimum Gasteiger partial charge on any atom is -0.459 e. The monoisotopic (exact) mass is 441 g/mol. The Morgan fingerprint density at radius 2 is 1.94 bits per heavy atom. The zero-order valence-corrected chi connectivity index (χ0v) is 19.9. The van der Waals surface area contributed by atoms with Gasteiger partial charge in [-0.1, -0.05) is 43.0 Å². The summed E-state index contributed by atoms with van der Waals surface area (Å²) >= 11 is 1.48. The molecule has 3 rings (SSSR count). The van der Waals surface area contributed by atoms with Gasteiger partial charge in [0.05, 0.1) is 29.8 Å². The Hall–Kier alpha value is -2.54. The van der Waals surface area contributed by atoms with Gasteiger partial charge in [-0.3, -0.25) is 4.79 Å². The van der Waals surface area contributed by atoms with Crippen molar-refractivity contribution in [3.63, 3.8) is 0 Å². The van der Waals surface area contributed by atoms with E-state index in [0.29, 0.717) is 11.3 Å². The molecule has 166 valence electrons. The van der Waals surface area contributed by atoms with Crippen molar-refractivity contribution in [3.8, 4) is 0 Å². The molecule has 0 saturated heterocycles. The molecule has 1 N–H and O–H groups in total. The minimum absolute atomic E-state index is 0.0384. The molecule has 2 aliphatic rings. The largest absolute Gasteiger partial charge is 0.459 e. The van der Waals surface area contributed by atoms with Crippen molar-refractivity contribution < 1.29 is 14.3 Å². The van der Waals surface area contributed by atoms with Crippen LogP contribution in [0.4, 0.5) is 0 Å². The quantitative estimate of drug-likeness (QED) is 0.614. The number of aryl methyl sites for hydroxylation is 1. The number of fused-ring (bicyclic) bond motifs is 1. The molecule has 0 aliphatic carbocycles. The smallest absolute Gasteiger partial charge is 0.338 e. The second-order valence-electron chi connectivity index (χ2n) is 8.26. The molecule has 0 bridgehead atoms. The Bertz CT molecular complexity index is 965. The molecule has 31 heavy (non-hydrogen) atoms. The second kappa shape index (κ2) is 9.73. The summed E-state index contributed by atoms with van der Waals surface area (Å²) in [6.45, 7) is 11.6. The third-order valence-electron chi connectivity index (χ3n) is 5.41. The summed E-state index contributed by atoms with van der Waals surface area (Å²) in [5, 5.41) is 5.77. The number of hydrogen-bond donors (Lipinski definition) is 1. The van der Waals surface area contributed by atoms with Gasteiger partial charge in [0.25, 0.3) is 0 Å². The minimum atomic E-state index is -0.391. The van der Waals surface area contributed by atoms with E-state index in [9.17, 15) is 9.59 Å². The molecule has 0 spiro atoms. The topological polar surface area (TPSA) is 71.0 Å². The molecule has 0 radical (unpaired) electrons. The normalized spacial score (nSPS) is 19.1. The van der Waals surface area contributed by atoms with Crippen LogP contribution in [0, 0.1) is 6.92 Å². The summed E-state index contributed by atoms with van der Waals surface area (Å²) in [5.74, 6) is -0.410. The average Bonchev–Trinajstić information content (AvgIpc) is 3.08. The molecule has 1 aromatic carbocycles. The van der Waals surface area contributed by atoms with Crippen LogP contribution >= 0.6 is 11.8 Å². The lowest BCUT2D eigenvalue weighted by atomic mass is 9.91. The number of hydrogen-bond acceptors (Lipinski definition) is 6. The Balaban J connectivity index is 2.02. The Morgan fingerprint density at radius 3 is 2.58 bits per heavy atom. The predicted octanol–water partition coefficient (Wildman–Crippen LogP) is 4.83. The first-order chi connectivity index (χ1) is 14.7. The molecule has 1 aromatic rings. The highest BCUT2D eigenvalue weighted by atomic mass is 32.2. The summed E-state index contributed by atoms with van der Waals surface area (Å²) in [6, 6.07) is 7.73. The van der Waals surface area contributed by atoms with Gasteiger partial charge in [0.2, 0.25) is 5.91 Å². The fourth-order valence-electron chi connectivity index (χ4n) is 3.69. The third-order valence-corrected chi connectivity index (χ3v) is 6.30. The van der Waals surface area contributed by atoms with Gasteiger partial charge in [-0.05, 0) is 57.6 Å². The van der Waals surface area contributed by atoms with Gasteiger partial charge >= 0.3 is 5.97 Å². The Morgan fingerprint density at radius 1 is 1.23 bits per heavy atom. The molecule has 0 saturated carbocycles. The van der Waals surface area contributed by atoms with Gasteiger partial charge < -0.3 is 15.0 Å². The summed E-state index contributed by atoms with van der Waals surface area (Å²) in [7, 11) is 0. The maximum Gasteiger partial charge on any atom is 0.338 e. The lowest BCUT2D eigenvalue weighted by molar-refractivity contribution is -0.143. The highest BCUT2D eigenvalue weighted by Gasteiger charge is 2.41. The second-order valence-corrected chi connectivity index (χ2v) is 9.09. The number of esters is 1. The highest BCUT2D eigenvalue weighted by molar-refractivity contribution is 8.16. The number of aliphatic imine (C=N–C) groups is 1. The van der Waals surface area contributed by atoms with Crippen molar-refractivity contribution in [3.05, 3.63) is 57.8 Å². The number of carbonyl (C=O) groups is 2. The van der Waals surface area contributed by atoms with Crippen molar-refractivity contribution in [1.82, 2.24) is 10.2 Å². The van der Waals surface area contributed by atoms with Gasteiger partial charge in [0, 0.05) is 11.7 Å². The van der Waals surface area contributed by atoms with E-state index >= 15 is 0 Å². The number of rotatable bonds is 7. The molecular weight excluding hydrogens is 410 g/mol. The van der Waals surface area contributed by atoms with Crippen LogP contribution in [0.15, 0.2) is 51.6 Å². The van der Waals surface area contributed by atoms with E-state index in [1.54, 1.807) is 0 Å². The molecule has 1 amide bonds. The summed E-state index contributed by atoms with van der Waals surface area (Å²) in [4.78, 5) is 32.5. The van der Waals surface area contributed by atoms with E-state index in [-0.39, 0.29) is 30.4 Å². The fraction of sp³-hybridized carbons (Fsp3) is 0.458. The van der Waals surface area contributed by atoms with Gasteiger partial charge in [0.15, 0.2) is 5.17 Å². The first kappa shape index (κ1) is 23.1. The molecule has 0 unspecified atom stereocenters. The number of benzene rings is 1. The van der Waals surface area contributed by atoms with E-state index in [4.69, 9.17) is 9.73 Å². The van der Waals surface area contributed by atoms with E-state index in [2.05, 4.69) is 5.32 Å². The van der Waals surface area contributed by atoms with Crippen LogP contribution in [-0.2, 0) is 14.3 Å². The summed E-state index contributed by atoms with van der Waals surface area (Å²) in [6.07, 6.45) is 0.860. The van der Waals surface area contributed by atoms with Gasteiger partial charge in [-0.15, -0.1) is 0 Å². The van der Waals surface area contributed by atoms with Gasteiger partial charge in [-0.2, -0.15) is 0 Å². The van der Waals surface area contributed by atoms with Crippen LogP contribution in [0.3, 0.4) is 0 Å². The first-order valence-corrected chi connectivity index (χ1v) is 11.6. The number of carbonyl (C=O) groups excluding carboxylic acids is 2. The van der Waals surface area contributed by atoms with Crippen LogP contribution in [0.5, 0.6) is 0 Å². The molecule has 7 heteroatoms. The van der Waals surface area contributed by atoms with Crippen molar-refractivity contribution in [2.75, 3.05) is 0 Å². The highest BCUT2D eigenvalue weighted by Crippen LogP contribution is 2.45. The number of amidine groups is 1. The molecule has 0 fully saturated rings. The standard InChI is InChI=1S/C24H31N3O3S/c1-7-16(5)25-20(28)12-18-13-31-24-26-17(6)21(23(29)30-14(2)3)22(27(18)24)19-11-9-8-10-15(19)4/h8-11,13-14,16,22H,7,12H2,1-6H3,(H,25,28)/t16-,22-/m1/s1. The predicted molar refractivity (Wildman–Crippen MR) is 125 cm³/mol. The number of thioether (sulfide) groups is 1. The Labute approximate surface area is 188 Å². The third kappa shape index (κ3) is 5.03. The van der Waals surface area contributed by atoms with Crippen molar-refractivity contribution in [2.24, 2.45) is 4.99 Å². The molecular formula is C24H31N3O3S. The molecule has 6 nitrogen and oxygen atoms in total. The van der Waals surface area contributed by atoms with Crippen LogP contribution < -0.4 is 5.32 Å². The molecule has 2 heterocycles. The number of ether oxygens (including phenoxy) is 1. The maximum atomic E-state index is 13.1. The first-order valence-electron chi connectivity index (χ1n) is 10.7. The zero-order chi connectivity index (χ0) is 22.7. The Kier molecular flexibility index (Phi) is 7.26. The average molecular weight is 442 g/mol. The fourth-order valence-corrected chi connectivity index (χ4v) is 4.65. The SMILES string of the molecule is CC[C@@H](C)NC(=O)CC1=CSC2=NC(C)=C(C(=O)OC(C)C)[C@@H](c3ccccc3C)N12. The molecule has 2 aliphatic heterocycles. The van der Waals surface area contributed by atoms with E-state index in [0.717, 1.165) is 28.4 Å². The number of nitrogens with zero attached hydrogens (tertiary/aromatic N) is 2. The van der Waals surface area contributed by atoms with E-state index in [1.807, 2.05) is 76.1 Å². The van der Waals surface area contributed by atoms with Gasteiger partial charge in [-0.25, -0.2) is 9.79 Å². The van der Waals surface area contributed by atoms with Crippen molar-refractivity contribution in [2.45, 2.75) is 72.6 Å². The number of amides is 1. The van der Waals surface area contributed by atoms with Crippen molar-refractivity contribution >= 4 is 28.8 Å². The molecule has 2 atom stereocenters. The molecule has 0 aromatic heterocycles. The van der Waals surface area contributed by atoms with Crippen LogP contribution in [-0.4, -0.2) is 34.1 Å². The van der Waals surface area contributed by atoms with Crippen LogP contribution in [0.2, 0.25) is 0 Å². The van der Waals surface area contributed by atoms with Crippen LogP contribution in [0.1, 0.15) is 64.6 Å². The number of allylic oxidation sites excluding steroid dienone is 1. The van der Waals surface area contributed by atoms with E-state index < -0.39 is 6.04 Å². The zero-order valence-electron chi connectivity index (χ0n) is 19.1. The maximum absolute atomic E-state index is 13.1. The summed E-state index contributed by atoms with van der Waals surface area (Å²) < 4.78 is 5.59. The van der Waals surface area contributed by atoms with Crippen molar-refractivity contribution in [1.29, 1.82) is 0 Å². The lowest BCUT2D eigenvalue weighted by Crippen LogP contribution is -2.39. The number of nitrogens with one attached hydrogen (secondary N) is 1. The van der Waals surface area contributed by atoms with Gasteiger partial charge in [0.1, 0.15) is 0 Å². The van der Waals surface area contributed by atoms with Crippen LogP contribution in [0.25, 0.3) is 0 Å². The lowest BCUT2D eigenvalue weighted by Gasteiger charge is -2.37.